The predicted molar refractivity (Wildman–Crippen MR) is 222 cm³/mol. The summed E-state index contributed by atoms with van der Waals surface area (Å²) >= 11 is 6.90. The third kappa shape index (κ3) is 11.4. The quantitative estimate of drug-likeness (QED) is 0.151. The number of hydrogen-bond donors (Lipinski definition) is 3. The Morgan fingerprint density at radius 3 is 1.98 bits per heavy atom. The summed E-state index contributed by atoms with van der Waals surface area (Å²) in [7, 11) is -2.37. The first kappa shape index (κ1) is 41.1. The van der Waals surface area contributed by atoms with Crippen molar-refractivity contribution in [3.8, 4) is 0 Å². The second-order valence-electron chi connectivity index (χ2n) is 14.4. The average molecular weight is 858 g/mol. The largest absolute Gasteiger partial charge is 0.391 e. The topological polar surface area (TPSA) is 131 Å². The van der Waals surface area contributed by atoms with Crippen molar-refractivity contribution in [2.75, 3.05) is 0 Å². The first-order chi connectivity index (χ1) is 23.8. The van der Waals surface area contributed by atoms with Crippen molar-refractivity contribution in [1.82, 2.24) is 14.7 Å². The highest BCUT2D eigenvalue weighted by Gasteiger charge is 2.27. The SMILES string of the molecule is CC(=N[S@](=O)C(C)(C)C)c1ccc2ccc(Br)cc2n1.C[C@@H](N[S@](=O)C(C)(C)C)c1ccc2ccc(Br)cc2n1.N[C@H]1c2ccccc2C[C@H]1O. The normalized spacial score (nSPS) is 17.8. The lowest BCUT2D eigenvalue weighted by molar-refractivity contribution is 0.158. The van der Waals surface area contributed by atoms with Crippen molar-refractivity contribution in [3.63, 3.8) is 0 Å². The minimum absolute atomic E-state index is 0.0570. The van der Waals surface area contributed by atoms with Gasteiger partial charge in [0.05, 0.1) is 66.8 Å². The van der Waals surface area contributed by atoms with Gasteiger partial charge < -0.3 is 10.8 Å². The van der Waals surface area contributed by atoms with Gasteiger partial charge in [0.25, 0.3) is 0 Å². The molecule has 8 nitrogen and oxygen atoms in total. The number of pyridine rings is 2. The molecule has 0 radical (unpaired) electrons. The van der Waals surface area contributed by atoms with E-state index in [9.17, 15) is 13.5 Å². The van der Waals surface area contributed by atoms with E-state index in [4.69, 9.17) is 5.73 Å². The lowest BCUT2D eigenvalue weighted by atomic mass is 10.1. The maximum absolute atomic E-state index is 12.1. The van der Waals surface area contributed by atoms with E-state index in [2.05, 4.69) is 50.9 Å². The molecule has 0 amide bonds. The Bertz CT molecular complexity index is 2080. The maximum Gasteiger partial charge on any atom is 0.145 e. The lowest BCUT2D eigenvalue weighted by Gasteiger charge is -2.21. The number of benzene rings is 3. The van der Waals surface area contributed by atoms with Crippen LogP contribution in [0.1, 0.15) is 90.0 Å². The molecule has 0 spiro atoms. The molecular formula is C39H47Br2N5O3S2. The van der Waals surface area contributed by atoms with Gasteiger partial charge in [0.1, 0.15) is 11.0 Å². The van der Waals surface area contributed by atoms with Gasteiger partial charge in [-0.3, -0.25) is 4.98 Å². The summed E-state index contributed by atoms with van der Waals surface area (Å²) in [4.78, 5) is 9.22. The summed E-state index contributed by atoms with van der Waals surface area (Å²) in [5.41, 5.74) is 12.2. The van der Waals surface area contributed by atoms with E-state index >= 15 is 0 Å². The van der Waals surface area contributed by atoms with Crippen LogP contribution in [-0.4, -0.2) is 44.8 Å². The number of rotatable bonds is 5. The van der Waals surface area contributed by atoms with E-state index in [-0.39, 0.29) is 27.7 Å². The van der Waals surface area contributed by atoms with Crippen LogP contribution in [0.15, 0.2) is 98.3 Å². The van der Waals surface area contributed by atoms with Gasteiger partial charge in [0.15, 0.2) is 0 Å². The minimum atomic E-state index is -1.27. The number of fused-ring (bicyclic) bond motifs is 3. The monoisotopic (exact) mass is 855 g/mol. The molecule has 4 N–H and O–H groups in total. The Balaban J connectivity index is 0.000000179. The summed E-state index contributed by atoms with van der Waals surface area (Å²) < 4.78 is 32.9. The van der Waals surface area contributed by atoms with Crippen LogP contribution < -0.4 is 10.5 Å². The molecule has 12 heteroatoms. The molecule has 3 aromatic carbocycles. The van der Waals surface area contributed by atoms with Crippen molar-refractivity contribution in [1.29, 1.82) is 0 Å². The van der Waals surface area contributed by atoms with Crippen molar-refractivity contribution >= 4 is 81.3 Å². The van der Waals surface area contributed by atoms with Crippen molar-refractivity contribution in [3.05, 3.63) is 116 Å². The number of nitrogens with zero attached hydrogens (tertiary/aromatic N) is 3. The number of halogens is 2. The van der Waals surface area contributed by atoms with Crippen LogP contribution in [0.3, 0.4) is 0 Å². The smallest absolute Gasteiger partial charge is 0.145 e. The van der Waals surface area contributed by atoms with E-state index in [0.717, 1.165) is 47.7 Å². The van der Waals surface area contributed by atoms with Crippen molar-refractivity contribution in [2.45, 2.75) is 89.5 Å². The fourth-order valence-electron chi connectivity index (χ4n) is 4.95. The highest BCUT2D eigenvalue weighted by Crippen LogP contribution is 2.29. The minimum Gasteiger partial charge on any atom is -0.391 e. The molecule has 5 atom stereocenters. The van der Waals surface area contributed by atoms with Gasteiger partial charge in [-0.15, -0.1) is 0 Å². The van der Waals surface area contributed by atoms with Crippen LogP contribution in [0.25, 0.3) is 21.8 Å². The maximum atomic E-state index is 12.1. The van der Waals surface area contributed by atoms with Gasteiger partial charge in [-0.05, 0) is 103 Å². The van der Waals surface area contributed by atoms with Crippen LogP contribution in [0.2, 0.25) is 0 Å². The molecule has 51 heavy (non-hydrogen) atoms. The second kappa shape index (κ2) is 17.4. The van der Waals surface area contributed by atoms with Gasteiger partial charge >= 0.3 is 0 Å². The van der Waals surface area contributed by atoms with Crippen LogP contribution >= 0.6 is 31.9 Å². The van der Waals surface area contributed by atoms with Gasteiger partial charge in [0, 0.05) is 26.1 Å². The Labute approximate surface area is 323 Å². The summed E-state index contributed by atoms with van der Waals surface area (Å²) in [5, 5.41) is 11.6. The van der Waals surface area contributed by atoms with E-state index in [1.54, 1.807) is 0 Å². The Morgan fingerprint density at radius 1 is 0.863 bits per heavy atom. The fourth-order valence-corrected chi connectivity index (χ4v) is 7.06. The molecule has 2 aromatic heterocycles. The van der Waals surface area contributed by atoms with E-state index in [1.165, 1.54) is 5.56 Å². The molecule has 0 saturated heterocycles. The first-order valence-corrected chi connectivity index (χ1v) is 20.5. The van der Waals surface area contributed by atoms with Gasteiger partial charge in [0.2, 0.25) is 0 Å². The number of nitrogens with one attached hydrogen (secondary N) is 1. The number of hydrogen-bond acceptors (Lipinski definition) is 6. The molecule has 0 unspecified atom stereocenters. The van der Waals surface area contributed by atoms with Gasteiger partial charge in [-0.1, -0.05) is 80.4 Å². The molecular weight excluding hydrogens is 810 g/mol. The Morgan fingerprint density at radius 2 is 1.41 bits per heavy atom. The molecule has 272 valence electrons. The zero-order chi connectivity index (χ0) is 37.7. The van der Waals surface area contributed by atoms with Crippen molar-refractivity contribution in [2.24, 2.45) is 10.1 Å². The van der Waals surface area contributed by atoms with E-state index in [1.807, 2.05) is 140 Å². The van der Waals surface area contributed by atoms with Gasteiger partial charge in [-0.2, -0.15) is 4.40 Å². The Kier molecular flexibility index (Phi) is 14.0. The molecule has 2 heterocycles. The number of aromatic nitrogens is 2. The number of aliphatic hydroxyl groups excluding tert-OH is 1. The third-order valence-electron chi connectivity index (χ3n) is 7.99. The van der Waals surface area contributed by atoms with E-state index < -0.39 is 22.0 Å². The molecule has 0 aliphatic heterocycles. The van der Waals surface area contributed by atoms with Crippen LogP contribution in [0.4, 0.5) is 0 Å². The Hall–Kier alpha value is -2.71. The third-order valence-corrected chi connectivity index (χ3v) is 12.1. The molecule has 1 aliphatic carbocycles. The van der Waals surface area contributed by atoms with Crippen LogP contribution in [-0.2, 0) is 28.4 Å². The first-order valence-electron chi connectivity index (χ1n) is 16.6. The highest BCUT2D eigenvalue weighted by atomic mass is 79.9. The summed E-state index contributed by atoms with van der Waals surface area (Å²) in [6, 6.07) is 27.6. The zero-order valence-electron chi connectivity index (χ0n) is 30.3. The number of aliphatic hydroxyl groups is 1. The summed E-state index contributed by atoms with van der Waals surface area (Å²) in [5.74, 6) is 0. The van der Waals surface area contributed by atoms with Gasteiger partial charge in [-0.25, -0.2) is 18.1 Å². The molecule has 0 bridgehead atoms. The molecule has 1 aliphatic rings. The number of nitrogens with two attached hydrogens (primary N) is 1. The summed E-state index contributed by atoms with van der Waals surface area (Å²) in [6.07, 6.45) is 0.324. The van der Waals surface area contributed by atoms with E-state index in [0.29, 0.717) is 12.1 Å². The fraction of sp³-hybridized carbons (Fsp3) is 0.359. The second-order valence-corrected chi connectivity index (χ2v) is 20.1. The lowest BCUT2D eigenvalue weighted by Crippen LogP contribution is -2.35. The zero-order valence-corrected chi connectivity index (χ0v) is 35.1. The summed E-state index contributed by atoms with van der Waals surface area (Å²) in [6.45, 7) is 15.4. The molecule has 0 saturated carbocycles. The van der Waals surface area contributed by atoms with Crippen molar-refractivity contribution < 1.29 is 13.5 Å². The molecule has 5 aromatic rings. The van der Waals surface area contributed by atoms with Crippen LogP contribution in [0.5, 0.6) is 0 Å². The molecule has 0 fully saturated rings. The highest BCUT2D eigenvalue weighted by molar-refractivity contribution is 9.10. The van der Waals surface area contributed by atoms with Crippen LogP contribution in [0, 0.1) is 0 Å². The molecule has 6 rings (SSSR count). The average Bonchev–Trinajstić information content (AvgIpc) is 3.36. The standard InChI is InChI=1S/C15H19BrN2OS.C15H17BrN2OS.C9H11NO/c2*1-10(18-20(19)15(2,3)4)13-8-6-11-5-7-12(16)9-14(11)17-13;10-9-7-4-2-1-3-6(7)5-8(9)11/h5-10,18H,1-4H3;5-9H,1-4H3;1-4,8-9,11H,5,10H2/t10-,20-;20-;8-,9+/m111/s1. The predicted octanol–water partition coefficient (Wildman–Crippen LogP) is 8.98.